The number of nitrogens with one attached hydrogen (secondary N) is 2. The van der Waals surface area contributed by atoms with Crippen LogP contribution in [0.15, 0.2) is 48.5 Å². The average molecular weight is 423 g/mol. The van der Waals surface area contributed by atoms with Crippen molar-refractivity contribution in [3.63, 3.8) is 0 Å². The maximum Gasteiger partial charge on any atom is 0.241 e. The molecule has 0 aromatic heterocycles. The summed E-state index contributed by atoms with van der Waals surface area (Å²) in [7, 11) is 1.73. The second-order valence-electron chi connectivity index (χ2n) is 8.38. The molecule has 0 aliphatic carbocycles. The summed E-state index contributed by atoms with van der Waals surface area (Å²) < 4.78 is 0. The van der Waals surface area contributed by atoms with E-state index < -0.39 is 0 Å². The van der Waals surface area contributed by atoms with Crippen LogP contribution in [0.25, 0.3) is 0 Å². The fourth-order valence-electron chi connectivity index (χ4n) is 3.73. The molecule has 3 rings (SSSR count). The monoisotopic (exact) mass is 422 g/mol. The molecule has 0 bridgehead atoms. The third-order valence-corrected chi connectivity index (χ3v) is 5.31. The quantitative estimate of drug-likeness (QED) is 0.747. The van der Waals surface area contributed by atoms with Gasteiger partial charge in [0.1, 0.15) is 0 Å². The van der Waals surface area contributed by atoms with E-state index in [1.54, 1.807) is 22.9 Å². The van der Waals surface area contributed by atoms with Crippen molar-refractivity contribution in [3.05, 3.63) is 54.1 Å². The first kappa shape index (κ1) is 22.5. The van der Waals surface area contributed by atoms with Crippen LogP contribution in [0.2, 0.25) is 0 Å². The standard InChI is InChI=1S/C24H30N4O3/c1-16(2)18-9-11-19(12-10-18)25-23(30)14-27(4)15-24(31)28-17(3)13-22(29)26-20-7-5-6-8-21(20)28/h5-12,16-17H,13-15H2,1-4H3,(H,25,30)(H,26,29)/t17-/m1/s1. The Balaban J connectivity index is 1.62. The number of rotatable bonds is 6. The van der Waals surface area contributed by atoms with E-state index in [1.165, 1.54) is 5.56 Å². The van der Waals surface area contributed by atoms with Crippen molar-refractivity contribution < 1.29 is 14.4 Å². The topological polar surface area (TPSA) is 81.8 Å². The predicted molar refractivity (Wildman–Crippen MR) is 123 cm³/mol. The molecule has 31 heavy (non-hydrogen) atoms. The van der Waals surface area contributed by atoms with E-state index in [2.05, 4.69) is 24.5 Å². The van der Waals surface area contributed by atoms with Gasteiger partial charge in [0.2, 0.25) is 17.7 Å². The Kier molecular flexibility index (Phi) is 7.07. The summed E-state index contributed by atoms with van der Waals surface area (Å²) in [6, 6.07) is 14.8. The number of para-hydroxylation sites is 2. The molecule has 0 radical (unpaired) electrons. The molecule has 0 saturated heterocycles. The zero-order valence-corrected chi connectivity index (χ0v) is 18.5. The highest BCUT2D eigenvalue weighted by molar-refractivity contribution is 6.05. The van der Waals surface area contributed by atoms with Gasteiger partial charge in [0, 0.05) is 18.2 Å². The van der Waals surface area contributed by atoms with Crippen molar-refractivity contribution in [3.8, 4) is 0 Å². The number of amides is 3. The molecule has 0 spiro atoms. The zero-order valence-electron chi connectivity index (χ0n) is 18.5. The van der Waals surface area contributed by atoms with Crippen molar-refractivity contribution >= 4 is 34.8 Å². The highest BCUT2D eigenvalue weighted by atomic mass is 16.2. The minimum atomic E-state index is -0.280. The molecule has 0 unspecified atom stereocenters. The maximum atomic E-state index is 13.1. The van der Waals surface area contributed by atoms with Gasteiger partial charge in [-0.15, -0.1) is 0 Å². The summed E-state index contributed by atoms with van der Waals surface area (Å²) in [6.45, 7) is 6.24. The second kappa shape index (κ2) is 9.75. The Hall–Kier alpha value is -3.19. The Morgan fingerprint density at radius 3 is 2.48 bits per heavy atom. The van der Waals surface area contributed by atoms with E-state index in [0.717, 1.165) is 5.69 Å². The van der Waals surface area contributed by atoms with E-state index in [4.69, 9.17) is 0 Å². The Bertz CT molecular complexity index is 956. The van der Waals surface area contributed by atoms with Crippen LogP contribution < -0.4 is 15.5 Å². The minimum absolute atomic E-state index is 0.0621. The summed E-state index contributed by atoms with van der Waals surface area (Å²) >= 11 is 0. The number of carbonyl (C=O) groups is 3. The predicted octanol–water partition coefficient (Wildman–Crippen LogP) is 3.44. The molecule has 2 N–H and O–H groups in total. The van der Waals surface area contributed by atoms with Gasteiger partial charge in [0.15, 0.2) is 0 Å². The highest BCUT2D eigenvalue weighted by Crippen LogP contribution is 2.31. The van der Waals surface area contributed by atoms with Crippen molar-refractivity contribution in [2.75, 3.05) is 35.7 Å². The normalized spacial score (nSPS) is 16.0. The van der Waals surface area contributed by atoms with E-state index in [9.17, 15) is 14.4 Å². The van der Waals surface area contributed by atoms with Crippen LogP contribution in [0.4, 0.5) is 17.1 Å². The maximum absolute atomic E-state index is 13.1. The highest BCUT2D eigenvalue weighted by Gasteiger charge is 2.30. The number of hydrogen-bond acceptors (Lipinski definition) is 4. The lowest BCUT2D eigenvalue weighted by Crippen LogP contribution is -2.45. The van der Waals surface area contributed by atoms with Crippen LogP contribution in [0.3, 0.4) is 0 Å². The molecule has 2 aromatic carbocycles. The summed E-state index contributed by atoms with van der Waals surface area (Å²) in [5.74, 6) is -0.0350. The molecule has 0 saturated carbocycles. The van der Waals surface area contributed by atoms with Gasteiger partial charge in [-0.2, -0.15) is 0 Å². The van der Waals surface area contributed by atoms with Crippen LogP contribution >= 0.6 is 0 Å². The first-order chi connectivity index (χ1) is 14.7. The van der Waals surface area contributed by atoms with Gasteiger partial charge in [-0.25, -0.2) is 0 Å². The molecule has 7 nitrogen and oxygen atoms in total. The molecular weight excluding hydrogens is 392 g/mol. The smallest absolute Gasteiger partial charge is 0.241 e. The van der Waals surface area contributed by atoms with Crippen molar-refractivity contribution in [1.29, 1.82) is 0 Å². The Labute approximate surface area is 183 Å². The minimum Gasteiger partial charge on any atom is -0.325 e. The fourth-order valence-corrected chi connectivity index (χ4v) is 3.73. The fraction of sp³-hybridized carbons (Fsp3) is 0.375. The summed E-state index contributed by atoms with van der Waals surface area (Å²) in [6.07, 6.45) is 0.219. The van der Waals surface area contributed by atoms with Gasteiger partial charge in [-0.05, 0) is 49.7 Å². The number of benzene rings is 2. The molecule has 1 aliphatic heterocycles. The lowest BCUT2D eigenvalue weighted by atomic mass is 10.0. The van der Waals surface area contributed by atoms with E-state index in [-0.39, 0.29) is 43.3 Å². The molecule has 0 fully saturated rings. The number of hydrogen-bond donors (Lipinski definition) is 2. The average Bonchev–Trinajstić information content (AvgIpc) is 2.82. The van der Waals surface area contributed by atoms with E-state index >= 15 is 0 Å². The van der Waals surface area contributed by atoms with Gasteiger partial charge in [0.05, 0.1) is 24.5 Å². The first-order valence-electron chi connectivity index (χ1n) is 10.5. The molecule has 164 valence electrons. The second-order valence-corrected chi connectivity index (χ2v) is 8.38. The number of likely N-dealkylation sites (N-methyl/N-ethyl adjacent to an activating group) is 1. The van der Waals surface area contributed by atoms with E-state index in [0.29, 0.717) is 17.3 Å². The van der Waals surface area contributed by atoms with Crippen LogP contribution in [-0.2, 0) is 14.4 Å². The molecule has 7 heteroatoms. The lowest BCUT2D eigenvalue weighted by Gasteiger charge is -2.29. The summed E-state index contributed by atoms with van der Waals surface area (Å²) in [5, 5.41) is 5.72. The summed E-state index contributed by atoms with van der Waals surface area (Å²) in [4.78, 5) is 41.0. The number of fused-ring (bicyclic) bond motifs is 1. The van der Waals surface area contributed by atoms with Crippen LogP contribution in [0.5, 0.6) is 0 Å². The molecule has 3 amide bonds. The SMILES string of the molecule is CC(C)c1ccc(NC(=O)CN(C)CC(=O)N2c3ccccc3NC(=O)C[C@H]2C)cc1. The number of carbonyl (C=O) groups excluding carboxylic acids is 3. The third kappa shape index (κ3) is 5.70. The molecule has 1 atom stereocenters. The molecular formula is C24H30N4O3. The van der Waals surface area contributed by atoms with Crippen LogP contribution in [0.1, 0.15) is 38.7 Å². The van der Waals surface area contributed by atoms with Gasteiger partial charge in [-0.3, -0.25) is 19.3 Å². The van der Waals surface area contributed by atoms with Gasteiger partial charge in [-0.1, -0.05) is 38.1 Å². The largest absolute Gasteiger partial charge is 0.325 e. The van der Waals surface area contributed by atoms with Crippen molar-refractivity contribution in [1.82, 2.24) is 4.90 Å². The zero-order chi connectivity index (χ0) is 22.5. The van der Waals surface area contributed by atoms with Crippen molar-refractivity contribution in [2.45, 2.75) is 39.2 Å². The third-order valence-electron chi connectivity index (χ3n) is 5.31. The molecule has 2 aromatic rings. The van der Waals surface area contributed by atoms with E-state index in [1.807, 2.05) is 49.4 Å². The van der Waals surface area contributed by atoms with Gasteiger partial charge >= 0.3 is 0 Å². The Morgan fingerprint density at radius 2 is 1.81 bits per heavy atom. The lowest BCUT2D eigenvalue weighted by molar-refractivity contribution is -0.121. The summed E-state index contributed by atoms with van der Waals surface area (Å²) in [5.41, 5.74) is 3.23. The molecule has 1 aliphatic rings. The van der Waals surface area contributed by atoms with Crippen molar-refractivity contribution in [2.24, 2.45) is 0 Å². The van der Waals surface area contributed by atoms with Gasteiger partial charge in [0.25, 0.3) is 0 Å². The van der Waals surface area contributed by atoms with Crippen LogP contribution in [-0.4, -0.2) is 48.8 Å². The van der Waals surface area contributed by atoms with Gasteiger partial charge < -0.3 is 15.5 Å². The Morgan fingerprint density at radius 1 is 1.13 bits per heavy atom. The van der Waals surface area contributed by atoms with Crippen LogP contribution in [0, 0.1) is 0 Å². The first-order valence-corrected chi connectivity index (χ1v) is 10.5. The molecule has 1 heterocycles. The number of nitrogens with zero attached hydrogens (tertiary/aromatic N) is 2. The number of anilines is 3.